The lowest BCUT2D eigenvalue weighted by Gasteiger charge is -2.38. The number of hydrogen-bond donors (Lipinski definition) is 1. The van der Waals surface area contributed by atoms with Crippen molar-refractivity contribution in [2.45, 2.75) is 46.6 Å². The molecule has 0 amide bonds. The molecule has 0 bridgehead atoms. The van der Waals surface area contributed by atoms with E-state index in [2.05, 4.69) is 0 Å². The summed E-state index contributed by atoms with van der Waals surface area (Å²) in [5.74, 6) is -1.14. The maximum atomic E-state index is 11.0. The third kappa shape index (κ3) is 3.58. The van der Waals surface area contributed by atoms with Gasteiger partial charge < -0.3 is 9.84 Å². The van der Waals surface area contributed by atoms with Crippen molar-refractivity contribution in [3.05, 3.63) is 11.6 Å². The minimum absolute atomic E-state index is 0.0440. The van der Waals surface area contributed by atoms with E-state index in [1.165, 1.54) is 6.92 Å². The zero-order valence-corrected chi connectivity index (χ0v) is 10.8. The molecule has 0 radical (unpaired) electrons. The van der Waals surface area contributed by atoms with Crippen molar-refractivity contribution in [3.8, 4) is 0 Å². The topological polar surface area (TPSA) is 63.6 Å². The van der Waals surface area contributed by atoms with Crippen LogP contribution in [0, 0.1) is 11.3 Å². The van der Waals surface area contributed by atoms with Crippen LogP contribution in [0.1, 0.15) is 40.5 Å². The van der Waals surface area contributed by atoms with Gasteiger partial charge in [-0.3, -0.25) is 4.79 Å². The van der Waals surface area contributed by atoms with E-state index in [0.717, 1.165) is 0 Å². The van der Waals surface area contributed by atoms with E-state index in [1.54, 1.807) is 6.08 Å². The number of ether oxygens (including phenoxy) is 1. The second kappa shape index (κ2) is 4.90. The highest BCUT2D eigenvalue weighted by atomic mass is 16.5. The average Bonchev–Trinajstić information content (AvgIpc) is 2.15. The normalized spacial score (nSPS) is 25.1. The molecule has 1 aliphatic carbocycles. The van der Waals surface area contributed by atoms with E-state index in [-0.39, 0.29) is 23.4 Å². The fourth-order valence-corrected chi connectivity index (χ4v) is 2.26. The summed E-state index contributed by atoms with van der Waals surface area (Å²) in [5, 5.41) is 9.01. The molecule has 1 N–H and O–H groups in total. The minimum Gasteiger partial charge on any atom is -0.478 e. The van der Waals surface area contributed by atoms with Crippen LogP contribution in [0.5, 0.6) is 0 Å². The van der Waals surface area contributed by atoms with Gasteiger partial charge in [0.25, 0.3) is 0 Å². The van der Waals surface area contributed by atoms with Crippen molar-refractivity contribution < 1.29 is 19.4 Å². The number of carboxylic acid groups (broad SMARTS) is 1. The summed E-state index contributed by atoms with van der Waals surface area (Å²) in [6.07, 6.45) is 2.40. The van der Waals surface area contributed by atoms with Crippen LogP contribution < -0.4 is 0 Å². The molecule has 1 aliphatic rings. The van der Waals surface area contributed by atoms with Crippen molar-refractivity contribution in [2.75, 3.05) is 0 Å². The van der Waals surface area contributed by atoms with E-state index in [0.29, 0.717) is 18.4 Å². The quantitative estimate of drug-likeness (QED) is 0.753. The van der Waals surface area contributed by atoms with Gasteiger partial charge in [-0.1, -0.05) is 26.8 Å². The monoisotopic (exact) mass is 240 g/mol. The van der Waals surface area contributed by atoms with Crippen molar-refractivity contribution in [1.82, 2.24) is 0 Å². The summed E-state index contributed by atoms with van der Waals surface area (Å²) >= 11 is 0. The summed E-state index contributed by atoms with van der Waals surface area (Å²) in [7, 11) is 0. The Morgan fingerprint density at radius 3 is 2.41 bits per heavy atom. The Kier molecular flexibility index (Phi) is 3.96. The van der Waals surface area contributed by atoms with E-state index in [4.69, 9.17) is 9.84 Å². The zero-order chi connectivity index (χ0) is 13.2. The molecule has 1 rings (SSSR count). The molecule has 0 heterocycles. The third-order valence-corrected chi connectivity index (χ3v) is 3.19. The largest absolute Gasteiger partial charge is 0.478 e. The minimum atomic E-state index is -0.875. The molecule has 2 atom stereocenters. The molecule has 0 saturated heterocycles. The molecular weight excluding hydrogens is 220 g/mol. The lowest BCUT2D eigenvalue weighted by atomic mass is 9.70. The van der Waals surface area contributed by atoms with E-state index < -0.39 is 5.97 Å². The summed E-state index contributed by atoms with van der Waals surface area (Å²) in [6.45, 7) is 7.51. The first-order chi connectivity index (χ1) is 7.71. The molecule has 0 aliphatic heterocycles. The van der Waals surface area contributed by atoms with Gasteiger partial charge in [-0.2, -0.15) is 0 Å². The van der Waals surface area contributed by atoms with Gasteiger partial charge in [-0.15, -0.1) is 0 Å². The molecule has 2 unspecified atom stereocenters. The average molecular weight is 240 g/mol. The second-order valence-electron chi connectivity index (χ2n) is 5.59. The summed E-state index contributed by atoms with van der Waals surface area (Å²) < 4.78 is 5.28. The molecule has 0 spiro atoms. The molecule has 4 heteroatoms. The molecule has 0 fully saturated rings. The van der Waals surface area contributed by atoms with Gasteiger partial charge in [0.15, 0.2) is 0 Å². The van der Waals surface area contributed by atoms with Crippen LogP contribution in [-0.4, -0.2) is 23.1 Å². The Morgan fingerprint density at radius 2 is 2.00 bits per heavy atom. The number of hydrogen-bond acceptors (Lipinski definition) is 3. The fraction of sp³-hybridized carbons (Fsp3) is 0.692. The van der Waals surface area contributed by atoms with Crippen molar-refractivity contribution in [2.24, 2.45) is 11.3 Å². The van der Waals surface area contributed by atoms with Crippen molar-refractivity contribution in [3.63, 3.8) is 0 Å². The number of carbonyl (C=O) groups is 2. The lowest BCUT2D eigenvalue weighted by molar-refractivity contribution is -0.151. The third-order valence-electron chi connectivity index (χ3n) is 3.19. The predicted molar refractivity (Wildman–Crippen MR) is 63.5 cm³/mol. The zero-order valence-electron chi connectivity index (χ0n) is 10.8. The smallest absolute Gasteiger partial charge is 0.331 e. The van der Waals surface area contributed by atoms with E-state index >= 15 is 0 Å². The second-order valence-corrected chi connectivity index (χ2v) is 5.59. The van der Waals surface area contributed by atoms with Gasteiger partial charge in [0.05, 0.1) is 0 Å². The highest BCUT2D eigenvalue weighted by Crippen LogP contribution is 2.39. The van der Waals surface area contributed by atoms with E-state index in [9.17, 15) is 9.59 Å². The van der Waals surface area contributed by atoms with E-state index in [1.807, 2.05) is 20.8 Å². The van der Waals surface area contributed by atoms with Crippen LogP contribution in [0.4, 0.5) is 0 Å². The Labute approximate surface area is 102 Å². The fourth-order valence-electron chi connectivity index (χ4n) is 2.26. The molecule has 0 saturated carbocycles. The predicted octanol–water partition coefficient (Wildman–Crippen LogP) is 2.39. The first kappa shape index (κ1) is 13.7. The van der Waals surface area contributed by atoms with Gasteiger partial charge in [-0.05, 0) is 11.8 Å². The molecule has 17 heavy (non-hydrogen) atoms. The highest BCUT2D eigenvalue weighted by Gasteiger charge is 2.37. The Bertz CT molecular complexity index is 349. The Hall–Kier alpha value is -1.32. The van der Waals surface area contributed by atoms with Crippen LogP contribution in [0.2, 0.25) is 0 Å². The maximum Gasteiger partial charge on any atom is 0.331 e. The van der Waals surface area contributed by atoms with Crippen LogP contribution in [0.3, 0.4) is 0 Å². The van der Waals surface area contributed by atoms with Gasteiger partial charge in [0.1, 0.15) is 6.10 Å². The molecule has 4 nitrogen and oxygen atoms in total. The van der Waals surface area contributed by atoms with Crippen LogP contribution in [0.15, 0.2) is 11.6 Å². The summed E-state index contributed by atoms with van der Waals surface area (Å²) in [4.78, 5) is 22.0. The lowest BCUT2D eigenvalue weighted by Crippen LogP contribution is -2.38. The highest BCUT2D eigenvalue weighted by molar-refractivity contribution is 5.86. The standard InChI is InChI=1S/C13H20O4/c1-8(14)17-11-6-5-9(12(15)16)7-10(11)13(2,3)4/h5,10-11H,6-7H2,1-4H3,(H,15,16). The van der Waals surface area contributed by atoms with Gasteiger partial charge in [-0.25, -0.2) is 4.79 Å². The summed E-state index contributed by atoms with van der Waals surface area (Å²) in [5.41, 5.74) is 0.336. The number of rotatable bonds is 2. The maximum absolute atomic E-state index is 11.0. The van der Waals surface area contributed by atoms with Crippen LogP contribution >= 0.6 is 0 Å². The van der Waals surface area contributed by atoms with Crippen molar-refractivity contribution in [1.29, 1.82) is 0 Å². The van der Waals surface area contributed by atoms with Gasteiger partial charge >= 0.3 is 11.9 Å². The molecular formula is C13H20O4. The number of carbonyl (C=O) groups excluding carboxylic acids is 1. The summed E-state index contributed by atoms with van der Waals surface area (Å²) in [6, 6.07) is 0. The molecule has 96 valence electrons. The Balaban J connectivity index is 2.91. The number of carboxylic acids is 1. The molecule has 0 aromatic rings. The Morgan fingerprint density at radius 1 is 1.41 bits per heavy atom. The van der Waals surface area contributed by atoms with Crippen molar-refractivity contribution >= 4 is 11.9 Å². The first-order valence-corrected chi connectivity index (χ1v) is 5.81. The molecule has 0 aromatic carbocycles. The molecule has 0 aromatic heterocycles. The SMILES string of the molecule is CC(=O)OC1CC=C(C(=O)O)CC1C(C)(C)C. The van der Waals surface area contributed by atoms with Crippen LogP contribution in [-0.2, 0) is 14.3 Å². The van der Waals surface area contributed by atoms with Gasteiger partial charge in [0.2, 0.25) is 0 Å². The van der Waals surface area contributed by atoms with Crippen LogP contribution in [0.25, 0.3) is 0 Å². The van der Waals surface area contributed by atoms with Gasteiger partial charge in [0, 0.05) is 24.8 Å². The number of esters is 1. The first-order valence-electron chi connectivity index (χ1n) is 5.81. The number of aliphatic carboxylic acids is 1.